The maximum Gasteiger partial charge on any atom is 0.414 e. The molecule has 0 aliphatic heterocycles. The lowest BCUT2D eigenvalue weighted by atomic mass is 10.2. The molecule has 0 bridgehead atoms. The van der Waals surface area contributed by atoms with Gasteiger partial charge in [0.2, 0.25) is 11.8 Å². The average Bonchev–Trinajstić information content (AvgIpc) is 3.24. The molecule has 0 fully saturated rings. The molecule has 0 saturated heterocycles. The first-order valence-electron chi connectivity index (χ1n) is 18.8. The second kappa shape index (κ2) is 32.2. The second-order valence-electron chi connectivity index (χ2n) is 13.1. The number of amides is 2. The summed E-state index contributed by atoms with van der Waals surface area (Å²) in [6.45, 7) is 3.48. The Kier molecular flexibility index (Phi) is 28.0. The molecule has 0 atom stereocenters. The van der Waals surface area contributed by atoms with Crippen LogP contribution in [0.5, 0.6) is 11.8 Å². The number of nitrogens with zero attached hydrogens (tertiary/aromatic N) is 6. The molecule has 26 heteroatoms. The smallest absolute Gasteiger partial charge is 0.414 e. The first-order chi connectivity index (χ1) is 31.0. The van der Waals surface area contributed by atoms with Gasteiger partial charge in [-0.15, -0.1) is 0 Å². The molecule has 0 radical (unpaired) electrons. The van der Waals surface area contributed by atoms with Crippen molar-refractivity contribution < 1.29 is 87.9 Å². The number of carboxylic acids is 6. The normalized spacial score (nSPS) is 9.73. The Bertz CT molecular complexity index is 2000. The number of hydrogen-bond donors (Lipinski definition) is 8. The minimum absolute atomic E-state index is 0.272. The zero-order valence-electron chi connectivity index (χ0n) is 36.0. The SMILES string of the molecule is CN(C)Cc1ccnc(OCCCNC(=O)c2ccc[n+]([O-])c2)c1.CN(C)Cc1ccnc(OCCCNC(=O)c2ccc[n+]([O-])c2)c1.O=C(O)C(=O)O.O=C(O)C(=O)O.O=C(O)C(=O)O. The van der Waals surface area contributed by atoms with Gasteiger partial charge in [-0.2, -0.15) is 9.46 Å². The topological polar surface area (TPSA) is 387 Å². The fraction of sp³-hybridized carbons (Fsp3) is 0.300. The van der Waals surface area contributed by atoms with E-state index in [2.05, 4.69) is 30.4 Å². The Morgan fingerprint density at radius 1 is 0.561 bits per heavy atom. The summed E-state index contributed by atoms with van der Waals surface area (Å²) in [6.07, 6.45) is 9.90. The Morgan fingerprint density at radius 2 is 0.879 bits per heavy atom. The Morgan fingerprint density at radius 3 is 1.15 bits per heavy atom. The van der Waals surface area contributed by atoms with Gasteiger partial charge in [0.15, 0.2) is 24.8 Å². The molecule has 2 amide bonds. The van der Waals surface area contributed by atoms with Gasteiger partial charge < -0.3 is 71.0 Å². The van der Waals surface area contributed by atoms with Crippen molar-refractivity contribution in [2.75, 3.05) is 54.5 Å². The molecule has 4 heterocycles. The zero-order valence-corrected chi connectivity index (χ0v) is 36.0. The maximum atomic E-state index is 11.9. The quantitative estimate of drug-likeness (QED) is 0.0301. The van der Waals surface area contributed by atoms with Crippen LogP contribution in [0.4, 0.5) is 0 Å². The Balaban J connectivity index is 0.000000936. The maximum absolute atomic E-state index is 11.9. The number of hydrogen-bond acceptors (Lipinski definition) is 16. The van der Waals surface area contributed by atoms with E-state index < -0.39 is 35.8 Å². The van der Waals surface area contributed by atoms with E-state index in [4.69, 9.17) is 68.9 Å². The van der Waals surface area contributed by atoms with Gasteiger partial charge in [-0.05, 0) is 76.4 Å². The first kappa shape index (κ1) is 57.5. The fourth-order valence-electron chi connectivity index (χ4n) is 4.27. The number of pyridine rings is 4. The third kappa shape index (κ3) is 28.9. The van der Waals surface area contributed by atoms with Gasteiger partial charge in [0.05, 0.1) is 13.2 Å². The number of aromatic nitrogens is 4. The Labute approximate surface area is 376 Å². The van der Waals surface area contributed by atoms with Crippen molar-refractivity contribution in [1.29, 1.82) is 0 Å². The third-order valence-electron chi connectivity index (χ3n) is 6.93. The summed E-state index contributed by atoms with van der Waals surface area (Å²) in [7, 11) is 8.02. The predicted molar refractivity (Wildman–Crippen MR) is 225 cm³/mol. The van der Waals surface area contributed by atoms with Crippen molar-refractivity contribution in [3.63, 3.8) is 0 Å². The number of carboxylic acid groups (broad SMARTS) is 6. The molecular formula is C40H50N8O18. The molecule has 26 nitrogen and oxygen atoms in total. The number of carbonyl (C=O) groups is 8. The minimum Gasteiger partial charge on any atom is -0.619 e. The standard InChI is InChI=1S/2C17H22N4O3.3C2H2O4/c2*1-20(2)12-14-6-8-18-16(11-14)24-10-4-7-19-17(22)15-5-3-9-21(23)13-15;3*3-1(4)2(5)6/h2*3,5-6,8-9,11,13H,4,7,10,12H2,1-2H3,(H,19,22);3*(H,3,4)(H,5,6). The van der Waals surface area contributed by atoms with Crippen molar-refractivity contribution in [2.45, 2.75) is 25.9 Å². The van der Waals surface area contributed by atoms with Gasteiger partial charge in [-0.1, -0.05) is 0 Å². The van der Waals surface area contributed by atoms with Crippen molar-refractivity contribution >= 4 is 47.6 Å². The highest BCUT2D eigenvalue weighted by molar-refractivity contribution is 6.28. The van der Waals surface area contributed by atoms with Crippen LogP contribution < -0.4 is 29.6 Å². The molecular weight excluding hydrogens is 880 g/mol. The van der Waals surface area contributed by atoms with Crippen LogP contribution in [0.25, 0.3) is 0 Å². The minimum atomic E-state index is -1.82. The van der Waals surface area contributed by atoms with E-state index in [0.717, 1.165) is 24.2 Å². The summed E-state index contributed by atoms with van der Waals surface area (Å²) in [5, 5.41) is 72.1. The van der Waals surface area contributed by atoms with Gasteiger partial charge >= 0.3 is 35.8 Å². The van der Waals surface area contributed by atoms with E-state index in [0.29, 0.717) is 71.5 Å². The lowest BCUT2D eigenvalue weighted by Crippen LogP contribution is -2.30. The fourth-order valence-corrected chi connectivity index (χ4v) is 4.27. The van der Waals surface area contributed by atoms with Gasteiger partial charge in [0, 0.05) is 62.8 Å². The molecule has 0 aromatic carbocycles. The molecule has 0 aliphatic rings. The van der Waals surface area contributed by atoms with Crippen LogP contribution in [0.2, 0.25) is 0 Å². The largest absolute Gasteiger partial charge is 0.619 e. The third-order valence-corrected chi connectivity index (χ3v) is 6.93. The van der Waals surface area contributed by atoms with Crippen molar-refractivity contribution in [2.24, 2.45) is 0 Å². The highest BCUT2D eigenvalue weighted by Crippen LogP contribution is 2.12. The molecule has 0 aliphatic carbocycles. The summed E-state index contributed by atoms with van der Waals surface area (Å²) in [6, 6.07) is 14.0. The lowest BCUT2D eigenvalue weighted by molar-refractivity contribution is -0.605. The number of nitrogens with one attached hydrogen (secondary N) is 2. The van der Waals surface area contributed by atoms with E-state index >= 15 is 0 Å². The summed E-state index contributed by atoms with van der Waals surface area (Å²) in [4.78, 5) is 90.8. The summed E-state index contributed by atoms with van der Waals surface area (Å²) < 4.78 is 12.4. The lowest BCUT2D eigenvalue weighted by Gasteiger charge is -2.11. The molecule has 0 spiro atoms. The van der Waals surface area contributed by atoms with Crippen LogP contribution in [0.1, 0.15) is 44.7 Å². The number of carbonyl (C=O) groups excluding carboxylic acids is 2. The highest BCUT2D eigenvalue weighted by atomic mass is 16.5. The van der Waals surface area contributed by atoms with Crippen molar-refractivity contribution in [3.8, 4) is 11.8 Å². The van der Waals surface area contributed by atoms with Crippen LogP contribution in [0.15, 0.2) is 85.7 Å². The van der Waals surface area contributed by atoms with Gasteiger partial charge in [-0.3, -0.25) is 9.59 Å². The van der Waals surface area contributed by atoms with Crippen LogP contribution in [0, 0.1) is 10.4 Å². The average molecular weight is 931 g/mol. The van der Waals surface area contributed by atoms with Gasteiger partial charge in [0.1, 0.15) is 11.1 Å². The van der Waals surface area contributed by atoms with Crippen LogP contribution in [0.3, 0.4) is 0 Å². The number of rotatable bonds is 16. The van der Waals surface area contributed by atoms with E-state index in [1.54, 1.807) is 24.5 Å². The molecule has 358 valence electrons. The van der Waals surface area contributed by atoms with Gasteiger partial charge in [0.25, 0.3) is 11.8 Å². The van der Waals surface area contributed by atoms with Crippen molar-refractivity contribution in [1.82, 2.24) is 30.4 Å². The summed E-state index contributed by atoms with van der Waals surface area (Å²) in [5.74, 6) is -10.3. The highest BCUT2D eigenvalue weighted by Gasteiger charge is 2.10. The monoisotopic (exact) mass is 930 g/mol. The summed E-state index contributed by atoms with van der Waals surface area (Å²) >= 11 is 0. The van der Waals surface area contributed by atoms with E-state index in [9.17, 15) is 20.0 Å². The van der Waals surface area contributed by atoms with Crippen molar-refractivity contribution in [3.05, 3.63) is 118 Å². The van der Waals surface area contributed by atoms with E-state index in [-0.39, 0.29) is 11.8 Å². The molecule has 8 N–H and O–H groups in total. The van der Waals surface area contributed by atoms with Crippen LogP contribution in [-0.2, 0) is 41.9 Å². The number of aliphatic carboxylic acids is 6. The van der Waals surface area contributed by atoms with Gasteiger partial charge in [-0.25, -0.2) is 38.7 Å². The van der Waals surface area contributed by atoms with E-state index in [1.807, 2.05) is 52.5 Å². The second-order valence-corrected chi connectivity index (χ2v) is 13.1. The molecule has 66 heavy (non-hydrogen) atoms. The Hall–Kier alpha value is -8.52. The predicted octanol–water partition coefficient (Wildman–Crippen LogP) is -0.582. The molecule has 0 saturated carbocycles. The summed E-state index contributed by atoms with van der Waals surface area (Å²) in [5.41, 5.74) is 2.94. The molecule has 4 rings (SSSR count). The first-order valence-corrected chi connectivity index (χ1v) is 18.8. The molecule has 0 unspecified atom stereocenters. The molecule has 4 aromatic rings. The number of ether oxygens (including phenoxy) is 2. The molecule has 4 aromatic heterocycles. The van der Waals surface area contributed by atoms with Crippen LogP contribution >= 0.6 is 0 Å². The zero-order chi connectivity index (χ0) is 50.2. The van der Waals surface area contributed by atoms with E-state index in [1.165, 1.54) is 36.9 Å². The van der Waals surface area contributed by atoms with Crippen LogP contribution in [-0.4, -0.2) is 153 Å².